The van der Waals surface area contributed by atoms with Gasteiger partial charge in [-0.2, -0.15) is 0 Å². The van der Waals surface area contributed by atoms with Crippen LogP contribution in [0.2, 0.25) is 0 Å². The Morgan fingerprint density at radius 1 is 0.164 bits per heavy atom. The van der Waals surface area contributed by atoms with E-state index in [4.69, 9.17) is 15.0 Å². The highest BCUT2D eigenvalue weighted by molar-refractivity contribution is 6.28. The zero-order valence-electron chi connectivity index (χ0n) is 73.4. The molecule has 23 aromatic carbocycles. The molecule has 0 aliphatic heterocycles. The number of hydrogen-bond acceptors (Lipinski definition) is 3. The lowest BCUT2D eigenvalue weighted by Gasteiger charge is -2.22. The smallest absolute Gasteiger partial charge is 0.146 e. The average molecular weight is 1700 g/mol. The Morgan fingerprint density at radius 2 is 0.463 bits per heavy atom. The molecule has 0 amide bonds. The summed E-state index contributed by atoms with van der Waals surface area (Å²) in [6.45, 7) is 4.70. The van der Waals surface area contributed by atoms with Crippen LogP contribution >= 0.6 is 0 Å². The Labute approximate surface area is 770 Å². The maximum atomic E-state index is 5.18. The number of aromatic nitrogens is 6. The average Bonchev–Trinajstić information content (AvgIpc) is 1.52. The molecule has 0 saturated heterocycles. The van der Waals surface area contributed by atoms with Crippen molar-refractivity contribution in [3.63, 3.8) is 0 Å². The highest BCUT2D eigenvalue weighted by atomic mass is 15.0. The summed E-state index contributed by atoms with van der Waals surface area (Å²) in [4.78, 5) is 15.5. The van der Waals surface area contributed by atoms with Gasteiger partial charge in [-0.15, -0.1) is 0 Å². The van der Waals surface area contributed by atoms with Gasteiger partial charge in [-0.3, -0.25) is 13.2 Å². The molecule has 30 rings (SSSR count). The van der Waals surface area contributed by atoms with Crippen LogP contribution in [0.25, 0.3) is 268 Å². The third-order valence-corrected chi connectivity index (χ3v) is 29.2. The van der Waals surface area contributed by atoms with E-state index in [9.17, 15) is 0 Å². The number of benzene rings is 23. The maximum Gasteiger partial charge on any atom is 0.146 e. The molecule has 6 nitrogen and oxygen atoms in total. The Kier molecular flexibility index (Phi) is 16.5. The molecule has 134 heavy (non-hydrogen) atoms. The first-order chi connectivity index (χ1) is 66.2. The van der Waals surface area contributed by atoms with E-state index in [1.165, 1.54) is 229 Å². The Hall–Kier alpha value is -17.5. The van der Waals surface area contributed by atoms with Gasteiger partial charge in [0.05, 0.1) is 49.7 Å². The summed E-state index contributed by atoms with van der Waals surface area (Å²) in [6.07, 6.45) is 0. The normalized spacial score (nSPS) is 12.6. The molecule has 6 heterocycles. The first-order valence-corrected chi connectivity index (χ1v) is 46.3. The molecule has 6 aromatic heterocycles. The minimum absolute atomic E-state index is 0.0124. The number of hydrogen-bond donors (Lipinski definition) is 0. The van der Waals surface area contributed by atoms with E-state index in [1.54, 1.807) is 0 Å². The number of fused-ring (bicyclic) bond motifs is 40. The van der Waals surface area contributed by atoms with Gasteiger partial charge >= 0.3 is 0 Å². The van der Waals surface area contributed by atoms with E-state index in [0.717, 1.165) is 50.0 Å². The number of nitrogens with zero attached hydrogens (tertiary/aromatic N) is 6. The van der Waals surface area contributed by atoms with E-state index in [0.29, 0.717) is 0 Å². The van der Waals surface area contributed by atoms with Gasteiger partial charge in [-0.05, 0) is 267 Å². The largest absolute Gasteiger partial charge is 0.292 e. The van der Waals surface area contributed by atoms with Crippen molar-refractivity contribution in [1.29, 1.82) is 0 Å². The van der Waals surface area contributed by atoms with Crippen molar-refractivity contribution in [2.45, 2.75) is 19.3 Å². The maximum absolute atomic E-state index is 5.18. The van der Waals surface area contributed by atoms with Crippen molar-refractivity contribution in [2.75, 3.05) is 0 Å². The van der Waals surface area contributed by atoms with E-state index in [-0.39, 0.29) is 5.41 Å². The van der Waals surface area contributed by atoms with Gasteiger partial charge in [0.1, 0.15) is 16.9 Å². The van der Waals surface area contributed by atoms with Gasteiger partial charge in [0.2, 0.25) is 0 Å². The zero-order chi connectivity index (χ0) is 88.1. The molecular formula is C128H80N6. The van der Waals surface area contributed by atoms with Crippen molar-refractivity contribution in [1.82, 2.24) is 28.2 Å². The monoisotopic (exact) mass is 1700 g/mol. The molecule has 0 atom stereocenters. The molecule has 0 radical (unpaired) electrons. The van der Waals surface area contributed by atoms with Crippen LogP contribution in [0.5, 0.6) is 0 Å². The van der Waals surface area contributed by atoms with E-state index >= 15 is 0 Å². The molecule has 0 saturated carbocycles. The van der Waals surface area contributed by atoms with Crippen LogP contribution in [0.3, 0.4) is 0 Å². The number of pyridine rings is 3. The zero-order valence-corrected chi connectivity index (χ0v) is 73.4. The Balaban J connectivity index is 0.000000101. The van der Waals surface area contributed by atoms with Crippen molar-refractivity contribution >= 4 is 201 Å². The molecule has 622 valence electrons. The summed E-state index contributed by atoms with van der Waals surface area (Å²) >= 11 is 0. The lowest BCUT2D eigenvalue weighted by molar-refractivity contribution is 0.660. The van der Waals surface area contributed by atoms with E-state index in [2.05, 4.69) is 476 Å². The standard InChI is InChI=1S/C48H32N2.C43H26N2.C37H22N2/c1-48(2)41-12-6-5-11-37(41)38-22-20-34(27-42(38)48)32-17-15-31-26-33(18-16-30(31)25-32)35-21-23-39-45(28-35)50-44-14-8-7-13-43(44)49-47(50)40-24-19-29-9-3-4-10-36(29)46(39)40;1-4-12-33-28(9-1)21-24-37-42(33)36-23-22-30(26-41(36)45-40-16-8-7-15-39(40)44-43(37)45)27-17-19-29(20-18-27)38-25-31-10-2-3-11-32(31)34-13-5-6-14-35(34)38;1-4-12-27-23(9-1)17-20-31-36(27)30-19-18-25(22-35(30)39-34-16-8-7-15-33(34)38-37(31)39)32-21-24-10-2-3-11-26(24)28-13-5-6-14-29(28)32/h3-28H,1-2H3;1-26H;1-22H. The van der Waals surface area contributed by atoms with Crippen molar-refractivity contribution < 1.29 is 0 Å². The molecule has 29 aromatic rings. The SMILES string of the molecule is CC1(C)c2ccccc2-c2ccc(-c3ccc4cc(-c5ccc6c7c8ccccc8ccc7c7nc8ccccc8n7c6c5)ccc4c3)cc21.c1ccc2c(c1)cc(-c1ccc(-c3ccc4c5c6ccccc6ccc5c5nc6ccccc6n5c4c3)cc1)c1ccccc12.c1ccc2c(c1)cc(-c1ccc3c4c5ccccc5ccc4c4nc5ccccc5n4c3c1)c1ccccc12. The quantitative estimate of drug-likeness (QED) is 0.161. The molecule has 1 aliphatic rings. The highest BCUT2D eigenvalue weighted by Gasteiger charge is 2.36. The van der Waals surface area contributed by atoms with Gasteiger partial charge in [0.25, 0.3) is 0 Å². The number of imidazole rings is 3. The first kappa shape index (κ1) is 75.5. The molecule has 6 heteroatoms. The molecule has 0 N–H and O–H groups in total. The lowest BCUT2D eigenvalue weighted by atomic mass is 9.81. The molecule has 0 spiro atoms. The van der Waals surface area contributed by atoms with Crippen LogP contribution in [-0.4, -0.2) is 28.2 Å². The van der Waals surface area contributed by atoms with Crippen molar-refractivity contribution in [3.8, 4) is 66.8 Å². The fraction of sp³-hybridized carbons (Fsp3) is 0.0234. The number of para-hydroxylation sites is 6. The van der Waals surface area contributed by atoms with Crippen LogP contribution in [0, 0.1) is 0 Å². The third-order valence-electron chi connectivity index (χ3n) is 29.2. The lowest BCUT2D eigenvalue weighted by Crippen LogP contribution is -2.14. The summed E-state index contributed by atoms with van der Waals surface area (Å²) in [5.74, 6) is 0. The second kappa shape index (κ2) is 29.3. The first-order valence-electron chi connectivity index (χ1n) is 46.3. The summed E-state index contributed by atoms with van der Waals surface area (Å²) in [7, 11) is 0. The second-order valence-corrected chi connectivity index (χ2v) is 36.8. The van der Waals surface area contributed by atoms with Crippen molar-refractivity contribution in [3.05, 3.63) is 460 Å². The summed E-state index contributed by atoms with van der Waals surface area (Å²) in [5.41, 5.74) is 30.7. The minimum Gasteiger partial charge on any atom is -0.292 e. The van der Waals surface area contributed by atoms with Crippen LogP contribution < -0.4 is 0 Å². The molecule has 0 fully saturated rings. The van der Waals surface area contributed by atoms with Gasteiger partial charge in [-0.25, -0.2) is 15.0 Å². The Morgan fingerprint density at radius 3 is 0.925 bits per heavy atom. The molecule has 0 bridgehead atoms. The highest BCUT2D eigenvalue weighted by Crippen LogP contribution is 2.51. The predicted molar refractivity (Wildman–Crippen MR) is 568 cm³/mol. The summed E-state index contributed by atoms with van der Waals surface area (Å²) in [5, 5.41) is 31.3. The van der Waals surface area contributed by atoms with Crippen LogP contribution in [0.15, 0.2) is 449 Å². The van der Waals surface area contributed by atoms with Gasteiger partial charge in [0.15, 0.2) is 0 Å². The number of rotatable bonds is 5. The van der Waals surface area contributed by atoms with E-state index < -0.39 is 0 Å². The van der Waals surface area contributed by atoms with Crippen molar-refractivity contribution in [2.24, 2.45) is 0 Å². The summed E-state index contributed by atoms with van der Waals surface area (Å²) < 4.78 is 7.06. The second-order valence-electron chi connectivity index (χ2n) is 36.8. The predicted octanol–water partition coefficient (Wildman–Crippen LogP) is 34.2. The fourth-order valence-corrected chi connectivity index (χ4v) is 22.8. The summed E-state index contributed by atoms with van der Waals surface area (Å²) in [6, 6.07) is 164. The van der Waals surface area contributed by atoms with Crippen LogP contribution in [0.4, 0.5) is 0 Å². The minimum atomic E-state index is -0.0124. The van der Waals surface area contributed by atoms with E-state index in [1.807, 2.05) is 0 Å². The Bertz CT molecular complexity index is 10100. The molecular weight excluding hydrogens is 1620 g/mol. The fourth-order valence-electron chi connectivity index (χ4n) is 22.8. The third kappa shape index (κ3) is 11.5. The van der Waals surface area contributed by atoms with Gasteiger partial charge in [-0.1, -0.05) is 360 Å². The molecule has 1 aliphatic carbocycles. The van der Waals surface area contributed by atoms with Crippen LogP contribution in [0.1, 0.15) is 25.0 Å². The topological polar surface area (TPSA) is 51.9 Å². The van der Waals surface area contributed by atoms with Crippen LogP contribution in [-0.2, 0) is 5.41 Å². The molecule has 0 unspecified atom stereocenters. The van der Waals surface area contributed by atoms with Gasteiger partial charge < -0.3 is 0 Å². The van der Waals surface area contributed by atoms with Gasteiger partial charge in [0, 0.05) is 53.9 Å².